The van der Waals surface area contributed by atoms with Gasteiger partial charge in [0.05, 0.1) is 6.54 Å². The minimum absolute atomic E-state index is 0.928. The molecule has 0 amide bonds. The Hall–Kier alpha value is -1.13. The highest BCUT2D eigenvalue weighted by molar-refractivity contribution is 7.10. The maximum atomic E-state index is 4.15. The Morgan fingerprint density at radius 1 is 1.53 bits per heavy atom. The van der Waals surface area contributed by atoms with E-state index >= 15 is 0 Å². The van der Waals surface area contributed by atoms with E-state index in [1.807, 2.05) is 34.5 Å². The number of nitrogens with one attached hydrogen (secondary N) is 1. The lowest BCUT2D eigenvalue weighted by Crippen LogP contribution is -2.19. The Bertz CT molecular complexity index is 392. The van der Waals surface area contributed by atoms with Crippen molar-refractivity contribution in [2.45, 2.75) is 20.0 Å². The van der Waals surface area contributed by atoms with Gasteiger partial charge in [-0.2, -0.15) is 5.10 Å². The third kappa shape index (κ3) is 2.91. The van der Waals surface area contributed by atoms with Crippen LogP contribution in [-0.4, -0.2) is 16.3 Å². The molecule has 0 unspecified atom stereocenters. The van der Waals surface area contributed by atoms with Crippen molar-refractivity contribution in [2.75, 3.05) is 6.54 Å². The van der Waals surface area contributed by atoms with Crippen molar-refractivity contribution in [1.29, 1.82) is 0 Å². The van der Waals surface area contributed by atoms with Crippen molar-refractivity contribution >= 4 is 11.3 Å². The lowest BCUT2D eigenvalue weighted by molar-refractivity contribution is 0.556. The van der Waals surface area contributed by atoms with Crippen LogP contribution in [0.4, 0.5) is 0 Å². The molecule has 0 saturated carbocycles. The predicted molar refractivity (Wildman–Crippen MR) is 63.0 cm³/mol. The normalized spacial score (nSPS) is 10.7. The van der Waals surface area contributed by atoms with Crippen LogP contribution in [-0.2, 0) is 13.1 Å². The average Bonchev–Trinajstić information content (AvgIpc) is 2.85. The van der Waals surface area contributed by atoms with E-state index in [0.29, 0.717) is 0 Å². The average molecular weight is 221 g/mol. The predicted octanol–water partition coefficient (Wildman–Crippen LogP) is 2.04. The second-order valence-electron chi connectivity index (χ2n) is 3.47. The van der Waals surface area contributed by atoms with Gasteiger partial charge >= 0.3 is 0 Å². The van der Waals surface area contributed by atoms with Gasteiger partial charge in [0.1, 0.15) is 0 Å². The minimum Gasteiger partial charge on any atom is -0.310 e. The zero-order valence-electron chi connectivity index (χ0n) is 8.81. The topological polar surface area (TPSA) is 29.9 Å². The third-order valence-electron chi connectivity index (χ3n) is 2.33. The first kappa shape index (κ1) is 10.4. The van der Waals surface area contributed by atoms with Gasteiger partial charge in [-0.25, -0.2) is 0 Å². The van der Waals surface area contributed by atoms with Crippen molar-refractivity contribution in [3.63, 3.8) is 0 Å². The van der Waals surface area contributed by atoms with Crippen LogP contribution in [0.5, 0.6) is 0 Å². The molecule has 1 N–H and O–H groups in total. The number of hydrogen-bond donors (Lipinski definition) is 1. The highest BCUT2D eigenvalue weighted by Crippen LogP contribution is 2.14. The van der Waals surface area contributed by atoms with Gasteiger partial charge in [0.2, 0.25) is 0 Å². The first-order valence-corrected chi connectivity index (χ1v) is 5.95. The first-order valence-electron chi connectivity index (χ1n) is 5.07. The number of thiophene rings is 1. The lowest BCUT2D eigenvalue weighted by atomic mass is 10.3. The fourth-order valence-electron chi connectivity index (χ4n) is 1.41. The van der Waals surface area contributed by atoms with Gasteiger partial charge in [0, 0.05) is 30.4 Å². The van der Waals surface area contributed by atoms with E-state index in [0.717, 1.165) is 19.6 Å². The summed E-state index contributed by atoms with van der Waals surface area (Å²) in [7, 11) is 0. The van der Waals surface area contributed by atoms with Gasteiger partial charge in [-0.3, -0.25) is 4.68 Å². The van der Waals surface area contributed by atoms with Gasteiger partial charge in [-0.15, -0.1) is 11.3 Å². The third-order valence-corrected chi connectivity index (χ3v) is 3.35. The second-order valence-corrected chi connectivity index (χ2v) is 4.47. The van der Waals surface area contributed by atoms with Crippen LogP contribution in [0.15, 0.2) is 29.9 Å². The minimum atomic E-state index is 0.928. The van der Waals surface area contributed by atoms with Crippen LogP contribution in [0.1, 0.15) is 10.4 Å². The van der Waals surface area contributed by atoms with Gasteiger partial charge in [0.15, 0.2) is 0 Å². The molecule has 80 valence electrons. The standard InChI is InChI=1S/C11H15N3S/c1-10-3-8-15-11(10)9-12-5-7-14-6-2-4-13-14/h2-4,6,8,12H,5,7,9H2,1H3. The Labute approximate surface area is 93.7 Å². The molecule has 2 rings (SSSR count). The molecule has 0 bridgehead atoms. The van der Waals surface area contributed by atoms with Crippen LogP contribution in [0.25, 0.3) is 0 Å². The quantitative estimate of drug-likeness (QED) is 0.783. The number of aryl methyl sites for hydroxylation is 1. The van der Waals surface area contributed by atoms with Gasteiger partial charge in [-0.1, -0.05) is 0 Å². The van der Waals surface area contributed by atoms with Crippen LogP contribution in [0, 0.1) is 6.92 Å². The van der Waals surface area contributed by atoms with E-state index in [2.05, 4.69) is 28.8 Å². The van der Waals surface area contributed by atoms with Crippen molar-refractivity contribution in [1.82, 2.24) is 15.1 Å². The first-order chi connectivity index (χ1) is 7.36. The molecule has 2 aromatic heterocycles. The summed E-state index contributed by atoms with van der Waals surface area (Å²) in [6.45, 7) is 5.00. The van der Waals surface area contributed by atoms with E-state index < -0.39 is 0 Å². The molecule has 0 aromatic carbocycles. The van der Waals surface area contributed by atoms with Crippen molar-refractivity contribution in [3.05, 3.63) is 40.3 Å². The van der Waals surface area contributed by atoms with Crippen LogP contribution in [0.2, 0.25) is 0 Å². The number of aromatic nitrogens is 2. The molecule has 0 aliphatic rings. The summed E-state index contributed by atoms with van der Waals surface area (Å²) < 4.78 is 1.94. The number of nitrogens with zero attached hydrogens (tertiary/aromatic N) is 2. The van der Waals surface area contributed by atoms with Crippen LogP contribution >= 0.6 is 11.3 Å². The van der Waals surface area contributed by atoms with Gasteiger partial charge in [0.25, 0.3) is 0 Å². The maximum absolute atomic E-state index is 4.15. The van der Waals surface area contributed by atoms with E-state index in [1.165, 1.54) is 10.4 Å². The molecule has 0 aliphatic carbocycles. The van der Waals surface area contributed by atoms with Crippen molar-refractivity contribution < 1.29 is 0 Å². The zero-order valence-corrected chi connectivity index (χ0v) is 9.63. The Balaban J connectivity index is 1.70. The smallest absolute Gasteiger partial charge is 0.0534 e. The fraction of sp³-hybridized carbons (Fsp3) is 0.364. The summed E-state index contributed by atoms with van der Waals surface area (Å²) in [5.41, 5.74) is 1.38. The molecule has 0 fully saturated rings. The Morgan fingerprint density at radius 2 is 2.47 bits per heavy atom. The lowest BCUT2D eigenvalue weighted by Gasteiger charge is -2.04. The molecule has 4 heteroatoms. The molecule has 0 spiro atoms. The summed E-state index contributed by atoms with van der Waals surface area (Å²) in [4.78, 5) is 1.43. The molecule has 0 atom stereocenters. The van der Waals surface area contributed by atoms with Gasteiger partial charge in [-0.05, 0) is 30.0 Å². The molecule has 0 aliphatic heterocycles. The van der Waals surface area contributed by atoms with E-state index in [1.54, 1.807) is 0 Å². The summed E-state index contributed by atoms with van der Waals surface area (Å²) in [6.07, 6.45) is 3.79. The second kappa shape index (κ2) is 5.09. The maximum Gasteiger partial charge on any atom is 0.0534 e. The number of hydrogen-bond acceptors (Lipinski definition) is 3. The highest BCUT2D eigenvalue weighted by Gasteiger charge is 1.98. The molecular formula is C11H15N3S. The molecule has 2 heterocycles. The Morgan fingerprint density at radius 3 is 3.13 bits per heavy atom. The summed E-state index contributed by atoms with van der Waals surface area (Å²) in [5.74, 6) is 0. The fourth-order valence-corrected chi connectivity index (χ4v) is 2.29. The highest BCUT2D eigenvalue weighted by atomic mass is 32.1. The van der Waals surface area contributed by atoms with Crippen LogP contribution < -0.4 is 5.32 Å². The van der Waals surface area contributed by atoms with Crippen LogP contribution in [0.3, 0.4) is 0 Å². The Kier molecular flexibility index (Phi) is 3.53. The van der Waals surface area contributed by atoms with Crippen molar-refractivity contribution in [2.24, 2.45) is 0 Å². The number of rotatable bonds is 5. The van der Waals surface area contributed by atoms with Gasteiger partial charge < -0.3 is 5.32 Å². The molecular weight excluding hydrogens is 206 g/mol. The summed E-state index contributed by atoms with van der Waals surface area (Å²) >= 11 is 1.81. The molecule has 3 nitrogen and oxygen atoms in total. The zero-order chi connectivity index (χ0) is 10.5. The summed E-state index contributed by atoms with van der Waals surface area (Å²) in [5, 5.41) is 9.70. The largest absolute Gasteiger partial charge is 0.310 e. The van der Waals surface area contributed by atoms with E-state index in [4.69, 9.17) is 0 Å². The van der Waals surface area contributed by atoms with Crippen molar-refractivity contribution in [3.8, 4) is 0 Å². The molecule has 0 saturated heterocycles. The summed E-state index contributed by atoms with van der Waals surface area (Å²) in [6, 6.07) is 4.11. The molecule has 2 aromatic rings. The molecule has 0 radical (unpaired) electrons. The SMILES string of the molecule is Cc1ccsc1CNCCn1cccn1. The van der Waals surface area contributed by atoms with E-state index in [-0.39, 0.29) is 0 Å². The molecule has 15 heavy (non-hydrogen) atoms. The van der Waals surface area contributed by atoms with E-state index in [9.17, 15) is 0 Å². The monoisotopic (exact) mass is 221 g/mol.